The van der Waals surface area contributed by atoms with Crippen LogP contribution in [0.1, 0.15) is 297 Å². The molecule has 0 aromatic carbocycles. The molecule has 0 radical (unpaired) electrons. The average Bonchev–Trinajstić information content (AvgIpc) is 1.41. The van der Waals surface area contributed by atoms with Crippen molar-refractivity contribution in [2.75, 3.05) is 13.2 Å². The normalized spacial score (nSPS) is 55.7. The van der Waals surface area contributed by atoms with Crippen molar-refractivity contribution in [3.8, 4) is 24.7 Å². The van der Waals surface area contributed by atoms with Crippen LogP contribution in [0.3, 0.4) is 0 Å². The van der Waals surface area contributed by atoms with Crippen LogP contribution in [0, 0.1) is 167 Å². The summed E-state index contributed by atoms with van der Waals surface area (Å²) < 4.78 is 95.8. The van der Waals surface area contributed by atoms with Gasteiger partial charge in [0.15, 0.2) is 96.4 Å². The van der Waals surface area contributed by atoms with Gasteiger partial charge in [0.2, 0.25) is 34.7 Å². The number of nitrogens with zero attached hydrogens (tertiary/aromatic N) is 9. The van der Waals surface area contributed by atoms with Crippen LogP contribution in [0.5, 0.6) is 0 Å². The molecule has 6 spiro atoms. The maximum absolute atomic E-state index is 8.82. The van der Waals surface area contributed by atoms with Gasteiger partial charge in [-0.1, -0.05) is 104 Å². The number of hydrogen-bond donors (Lipinski definition) is 0. The van der Waals surface area contributed by atoms with Gasteiger partial charge in [0.1, 0.15) is 24.8 Å². The van der Waals surface area contributed by atoms with Crippen LogP contribution in [-0.2, 0) is 136 Å². The Morgan fingerprint density at radius 1 is 0.346 bits per heavy atom. The van der Waals surface area contributed by atoms with Crippen molar-refractivity contribution in [2.45, 2.75) is 435 Å². The van der Waals surface area contributed by atoms with E-state index in [-0.39, 0.29) is 97.1 Å². The first-order valence-electron chi connectivity index (χ1n) is 52.0. The Bertz CT molecular complexity index is 4590. The van der Waals surface area contributed by atoms with Crippen molar-refractivity contribution in [3.05, 3.63) is 32.8 Å². The van der Waals surface area contributed by atoms with E-state index in [0.29, 0.717) is 90.0 Å². The van der Waals surface area contributed by atoms with E-state index in [1.54, 1.807) is 0 Å². The monoisotopic (exact) mass is 1910 g/mol. The molecule has 25 heterocycles. The van der Waals surface area contributed by atoms with E-state index in [0.717, 1.165) is 147 Å². The molecule has 6 aliphatic carbocycles. The number of hydrogen-bond acceptors (Lipinski definition) is 31. The van der Waals surface area contributed by atoms with Gasteiger partial charge < -0.3 is 71.1 Å². The van der Waals surface area contributed by atoms with Crippen LogP contribution in [-0.4, -0.2) is 166 Å². The zero-order valence-corrected chi connectivity index (χ0v) is 82.9. The maximum atomic E-state index is 8.82. The summed E-state index contributed by atoms with van der Waals surface area (Å²) >= 11 is 0. The maximum Gasteiger partial charge on any atom is 0.201 e. The fourth-order valence-corrected chi connectivity index (χ4v) is 31.5. The Labute approximate surface area is 799 Å². The van der Waals surface area contributed by atoms with Crippen LogP contribution in [0.4, 0.5) is 0 Å². The predicted molar refractivity (Wildman–Crippen MR) is 474 cm³/mol. The van der Waals surface area contributed by atoms with Gasteiger partial charge in [-0.2, -0.15) is 0 Å². The largest absolute Gasteiger partial charge is 0.351 e. The first kappa shape index (κ1) is 97.9. The minimum Gasteiger partial charge on any atom is -0.351 e. The molecule has 12 bridgehead atoms. The lowest BCUT2D eigenvalue weighted by molar-refractivity contribution is -0.577. The van der Waals surface area contributed by atoms with Crippen LogP contribution in [0.25, 0.3) is 20.9 Å². The minimum atomic E-state index is -0.815. The van der Waals surface area contributed by atoms with Gasteiger partial charge in [-0.3, -0.25) is 0 Å². The molecule has 36 heteroatoms. The van der Waals surface area contributed by atoms with E-state index >= 15 is 0 Å². The Balaban J connectivity index is 0.000000106. The van der Waals surface area contributed by atoms with Gasteiger partial charge in [-0.25, -0.2) is 63.3 Å². The first-order chi connectivity index (χ1) is 65.1. The molecule has 24 aliphatic heterocycles. The Morgan fingerprint density at radius 3 is 0.926 bits per heavy atom. The summed E-state index contributed by atoms with van der Waals surface area (Å²) in [5, 5.41) is 16.7. The number of aromatic nitrogens is 3. The van der Waals surface area contributed by atoms with E-state index in [2.05, 4.69) is 125 Å². The molecule has 24 saturated heterocycles. The molecular formula is C100H149N9O27. The molecule has 30 fully saturated rings. The first-order valence-corrected chi connectivity index (χ1v) is 52.0. The van der Waals surface area contributed by atoms with Crippen LogP contribution in [0.15, 0.2) is 16.4 Å². The zero-order chi connectivity index (χ0) is 95.2. The topological polar surface area (TPSA) is 377 Å². The summed E-state index contributed by atoms with van der Waals surface area (Å²) in [6, 6.07) is 0. The van der Waals surface area contributed by atoms with E-state index in [9.17, 15) is 0 Å². The molecule has 31 rings (SSSR count). The van der Waals surface area contributed by atoms with E-state index in [4.69, 9.17) is 154 Å². The molecule has 48 atom stereocenters. The smallest absolute Gasteiger partial charge is 0.201 e. The molecule has 1 aromatic rings. The number of rotatable bonds is 11. The molecule has 6 saturated carbocycles. The third-order valence-electron chi connectivity index (χ3n) is 39.1. The minimum absolute atomic E-state index is 0.0804. The van der Waals surface area contributed by atoms with E-state index in [1.165, 1.54) is 12.8 Å². The second kappa shape index (κ2) is 36.5. The standard InChI is InChI=1S/C33H49N3O9.C19H28O5.C18H26O5.2C15H23N3O4/c1-17-7-9-24-19(3)26(38-28-32(24)22(17)11-13-30(5,40-28)42-44-32)36-15-21(34-35-36)16-37-27-20(4)25-10-8-18(2)23-12-14-31(6)41-29(39-27)33(23,25)45-43-31;1-5-6-11-20-16-13(3)15-8-7-12(2)14-9-10-18(4)22-17(21-16)19(14,15)24-23-18;1-5-10-19-15-12(3)14-7-6-11(2)13-8-9-17(4)21-16(20-15)18(13,14)23-22-17;2*1-8-4-5-11-9(2)12(17-18-16)19-13-15(11)10(8)6-7-14(3,20-13)21-22-15/h15,17-20,22-29H,7-14,16H2,1-6H3;1,12-17H,6-11H2,2-4H3;1,11-16H,6-10H2,2-4H3;2*8-13H,4-7H2,1-3H3/t17-,18-,19-,20-,22+,23+,24+,25+,26?,27-,28-,29-,30-,31+,32-,33-;12-,13-,14+,15+,16-,17-,18-,19-;11-,12-,13+,14+,15-,16-,17-,18-;8-,9-,10+,11+,12?,13-,14-,15-;8-,9-,10+,11+,12-,13-,14-,15-/m11111/s1. The number of azide groups is 2. The molecule has 756 valence electrons. The molecule has 0 amide bonds. The second-order valence-electron chi connectivity index (χ2n) is 47.0. The number of terminal acetylenes is 2. The van der Waals surface area contributed by atoms with Gasteiger partial charge in [0, 0.05) is 114 Å². The molecular weight excluding hydrogens is 1760 g/mol. The van der Waals surface area contributed by atoms with Crippen molar-refractivity contribution in [1.29, 1.82) is 0 Å². The summed E-state index contributed by atoms with van der Waals surface area (Å²) in [5.41, 5.74) is 14.9. The van der Waals surface area contributed by atoms with Crippen LogP contribution < -0.4 is 0 Å². The van der Waals surface area contributed by atoms with E-state index < -0.39 is 125 Å². The van der Waals surface area contributed by atoms with Gasteiger partial charge in [0.25, 0.3) is 0 Å². The highest BCUT2D eigenvalue weighted by molar-refractivity contribution is 5.17. The third-order valence-corrected chi connectivity index (χ3v) is 39.1. The Morgan fingerprint density at radius 2 is 0.625 bits per heavy atom. The number of ether oxygens (including phenoxy) is 15. The molecule has 1 aromatic heterocycles. The quantitative estimate of drug-likeness (QED) is 0.0496. The molecule has 36 nitrogen and oxygen atoms in total. The predicted octanol–water partition coefficient (Wildman–Crippen LogP) is 18.5. The Kier molecular flexibility index (Phi) is 26.2. The highest BCUT2D eigenvalue weighted by Gasteiger charge is 2.77. The number of fused-ring (bicyclic) bond motifs is 12. The van der Waals surface area contributed by atoms with E-state index in [1.807, 2.05) is 52.4 Å². The lowest BCUT2D eigenvalue weighted by Gasteiger charge is -2.60. The fourth-order valence-electron chi connectivity index (χ4n) is 31.5. The van der Waals surface area contributed by atoms with Gasteiger partial charge >= 0.3 is 0 Å². The van der Waals surface area contributed by atoms with Gasteiger partial charge in [-0.15, -0.1) is 23.9 Å². The van der Waals surface area contributed by atoms with Gasteiger partial charge in [-0.05, 0) is 251 Å². The molecule has 2 unspecified atom stereocenters. The average molecular weight is 1910 g/mol. The molecule has 136 heavy (non-hydrogen) atoms. The van der Waals surface area contributed by atoms with Crippen LogP contribution in [0.2, 0.25) is 0 Å². The van der Waals surface area contributed by atoms with Crippen LogP contribution >= 0.6 is 0 Å². The van der Waals surface area contributed by atoms with Crippen molar-refractivity contribution < 1.29 is 130 Å². The van der Waals surface area contributed by atoms with Crippen molar-refractivity contribution >= 4 is 0 Å². The lowest BCUT2D eigenvalue weighted by atomic mass is 9.58. The fraction of sp³-hybridized carbons (Fsp3) is 0.940. The lowest BCUT2D eigenvalue weighted by Crippen LogP contribution is -2.70. The summed E-state index contributed by atoms with van der Waals surface area (Å²) in [4.78, 5) is 77.6. The summed E-state index contributed by atoms with van der Waals surface area (Å²) in [6.45, 7) is 39.3. The van der Waals surface area contributed by atoms with Crippen molar-refractivity contribution in [2.24, 2.45) is 152 Å². The summed E-state index contributed by atoms with van der Waals surface area (Å²) in [6.07, 6.45) is 31.8. The highest BCUT2D eigenvalue weighted by Crippen LogP contribution is 2.69. The SMILES string of the molecule is C#CCCO[C@@H]1O[C@@H]2O[C@@]3(C)CC[C@H]4[C@H](C)CC[C@@H]([C@H]1C)[C@@]24OO3.C#CCO[C@@H]1O[C@@H]2O[C@@]3(C)CC[C@H]4[C@H](C)CC[C@@H]([C@H]1C)[C@@]24OO3.C[C@@H]1CC[C@H]2[C@@H](C)C(N=[N+]=[N-])O[C@@H]3O[C@@]4(C)CC[C@@H]1[C@]32OO4.C[C@H]1[C@H](N=[N+]=[N-])O[C@@H]2O[C@@]3(C)CC[C@H]4[C@H](C)CC[C@@H]1[C@@]24OO3.C[C@H]1[C@H](OCc2cn(C3O[C@@H]4O[C@@]5(C)CC[C@H]6[C@H](C)CC[C@@H]([C@H]3C)[C@@]46OO5)nn2)O[C@@H]2O[C@]3(C)CC[C@H]4[C@H](C)CC[C@@H]1[C@@]24OO3. The third kappa shape index (κ3) is 15.7. The Hall–Kier alpha value is -4.20. The molecule has 0 N–H and O–H groups in total. The summed E-state index contributed by atoms with van der Waals surface area (Å²) in [7, 11) is 0. The van der Waals surface area contributed by atoms with Crippen molar-refractivity contribution in [1.82, 2.24) is 15.0 Å². The highest BCUT2D eigenvalue weighted by atomic mass is 17.3. The zero-order valence-electron chi connectivity index (χ0n) is 82.9. The van der Waals surface area contributed by atoms with Crippen molar-refractivity contribution in [3.63, 3.8) is 0 Å². The molecule has 30 aliphatic rings. The second-order valence-corrected chi connectivity index (χ2v) is 47.0. The van der Waals surface area contributed by atoms with Gasteiger partial charge in [0.05, 0.1) is 19.4 Å². The summed E-state index contributed by atoms with van der Waals surface area (Å²) in [5.74, 6) is 8.02.